The number of nitrogens with one attached hydrogen (secondary N) is 2. The van der Waals surface area contributed by atoms with Crippen LogP contribution < -0.4 is 10.0 Å². The highest BCUT2D eigenvalue weighted by atomic mass is 32.2. The fraction of sp³-hybridized carbons (Fsp3) is 0.333. The average Bonchev–Trinajstić information content (AvgIpc) is 3.05. The molecule has 0 saturated carbocycles. The molecule has 0 radical (unpaired) electrons. The van der Waals surface area contributed by atoms with E-state index in [1.54, 1.807) is 29.8 Å². The number of sulfonamides is 1. The van der Waals surface area contributed by atoms with E-state index in [1.807, 2.05) is 12.3 Å². The Morgan fingerprint density at radius 2 is 2.00 bits per heavy atom. The lowest BCUT2D eigenvalue weighted by Gasteiger charge is -2.14. The van der Waals surface area contributed by atoms with Crippen LogP contribution in [0.15, 0.2) is 40.1 Å². The van der Waals surface area contributed by atoms with E-state index in [9.17, 15) is 13.2 Å². The van der Waals surface area contributed by atoms with Crippen molar-refractivity contribution in [1.29, 1.82) is 0 Å². The maximum absolute atomic E-state index is 12.3. The maximum Gasteiger partial charge on any atom is 0.241 e. The van der Waals surface area contributed by atoms with Crippen LogP contribution in [0.3, 0.4) is 0 Å². The number of hydrogen-bond acceptors (Lipinski definition) is 5. The molecule has 0 aliphatic heterocycles. The van der Waals surface area contributed by atoms with Gasteiger partial charge in [0, 0.05) is 5.38 Å². The molecule has 2 rings (SSSR count). The van der Waals surface area contributed by atoms with Gasteiger partial charge in [0.25, 0.3) is 0 Å². The van der Waals surface area contributed by atoms with Gasteiger partial charge in [-0.2, -0.15) is 4.72 Å². The van der Waals surface area contributed by atoms with Crippen LogP contribution in [0, 0.1) is 0 Å². The highest BCUT2D eigenvalue weighted by Crippen LogP contribution is 2.11. The summed E-state index contributed by atoms with van der Waals surface area (Å²) in [7, 11) is -3.73. The first kappa shape index (κ1) is 17.6. The maximum atomic E-state index is 12.3. The van der Waals surface area contributed by atoms with Crippen LogP contribution in [0.1, 0.15) is 25.1 Å². The number of hydrogen-bond donors (Lipinski definition) is 2. The summed E-state index contributed by atoms with van der Waals surface area (Å²) < 4.78 is 26.9. The fourth-order valence-electron chi connectivity index (χ4n) is 1.91. The highest BCUT2D eigenvalue weighted by Gasteiger charge is 2.21. The monoisotopic (exact) mass is 353 g/mol. The number of rotatable bonds is 7. The van der Waals surface area contributed by atoms with Crippen molar-refractivity contribution >= 4 is 27.3 Å². The Bertz CT molecular complexity index is 741. The Balaban J connectivity index is 1.96. The fourth-order valence-corrected chi connectivity index (χ4v) is 3.68. The molecule has 1 amide bonds. The van der Waals surface area contributed by atoms with Gasteiger partial charge in [0.15, 0.2) is 0 Å². The summed E-state index contributed by atoms with van der Waals surface area (Å²) in [5.41, 5.74) is 3.47. The van der Waals surface area contributed by atoms with Gasteiger partial charge in [0.05, 0.1) is 28.7 Å². The van der Waals surface area contributed by atoms with Gasteiger partial charge in [-0.1, -0.05) is 19.1 Å². The zero-order valence-electron chi connectivity index (χ0n) is 12.9. The highest BCUT2D eigenvalue weighted by molar-refractivity contribution is 7.89. The second kappa shape index (κ2) is 7.67. The zero-order chi connectivity index (χ0) is 16.9. The second-order valence-electron chi connectivity index (χ2n) is 5.04. The van der Waals surface area contributed by atoms with Crippen LogP contribution in [0.25, 0.3) is 0 Å². The quantitative estimate of drug-likeness (QED) is 0.793. The summed E-state index contributed by atoms with van der Waals surface area (Å²) in [5.74, 6) is -0.397. The lowest BCUT2D eigenvalue weighted by atomic mass is 10.2. The molecule has 2 N–H and O–H groups in total. The van der Waals surface area contributed by atoms with Crippen LogP contribution in [-0.4, -0.2) is 25.4 Å². The standard InChI is InChI=1S/C15H19N3O3S2/c1-3-12-4-6-14(7-5-12)23(20,21)18-11(2)15(19)16-8-13-9-22-10-17-13/h4-7,9-11,18H,3,8H2,1-2H3,(H,16,19). The Morgan fingerprint density at radius 1 is 1.30 bits per heavy atom. The lowest BCUT2D eigenvalue weighted by Crippen LogP contribution is -2.44. The van der Waals surface area contributed by atoms with Gasteiger partial charge in [-0.25, -0.2) is 13.4 Å². The molecule has 1 aromatic heterocycles. The van der Waals surface area contributed by atoms with Crippen molar-refractivity contribution < 1.29 is 13.2 Å². The summed E-state index contributed by atoms with van der Waals surface area (Å²) in [5, 5.41) is 4.48. The molecule has 1 atom stereocenters. The van der Waals surface area contributed by atoms with Gasteiger partial charge < -0.3 is 5.32 Å². The molecule has 0 saturated heterocycles. The molecular formula is C15H19N3O3S2. The Kier molecular flexibility index (Phi) is 5.86. The first-order valence-electron chi connectivity index (χ1n) is 7.18. The third-order valence-corrected chi connectivity index (χ3v) is 5.49. The van der Waals surface area contributed by atoms with Crippen molar-refractivity contribution in [3.63, 3.8) is 0 Å². The van der Waals surface area contributed by atoms with Crippen molar-refractivity contribution in [3.8, 4) is 0 Å². The number of aryl methyl sites for hydroxylation is 1. The number of thiazole rings is 1. The van der Waals surface area contributed by atoms with E-state index in [0.717, 1.165) is 17.7 Å². The Hall–Kier alpha value is -1.77. The minimum Gasteiger partial charge on any atom is -0.349 e. The molecule has 0 aliphatic carbocycles. The lowest BCUT2D eigenvalue weighted by molar-refractivity contribution is -0.122. The van der Waals surface area contributed by atoms with E-state index in [0.29, 0.717) is 0 Å². The summed E-state index contributed by atoms with van der Waals surface area (Å²) in [6.07, 6.45) is 0.836. The molecule has 0 spiro atoms. The number of nitrogens with zero attached hydrogens (tertiary/aromatic N) is 1. The summed E-state index contributed by atoms with van der Waals surface area (Å²) in [6, 6.07) is 5.75. The zero-order valence-corrected chi connectivity index (χ0v) is 14.6. The minimum atomic E-state index is -3.73. The second-order valence-corrected chi connectivity index (χ2v) is 7.47. The third-order valence-electron chi connectivity index (χ3n) is 3.29. The Labute approximate surface area is 140 Å². The van der Waals surface area contributed by atoms with E-state index in [4.69, 9.17) is 0 Å². The molecule has 124 valence electrons. The van der Waals surface area contributed by atoms with E-state index in [1.165, 1.54) is 18.3 Å². The van der Waals surface area contributed by atoms with Gasteiger partial charge in [-0.15, -0.1) is 11.3 Å². The molecule has 23 heavy (non-hydrogen) atoms. The number of aromatic nitrogens is 1. The van der Waals surface area contributed by atoms with Crippen LogP contribution in [-0.2, 0) is 27.8 Å². The number of benzene rings is 1. The van der Waals surface area contributed by atoms with Crippen molar-refractivity contribution in [2.45, 2.75) is 37.8 Å². The first-order valence-corrected chi connectivity index (χ1v) is 9.61. The molecular weight excluding hydrogens is 334 g/mol. The van der Waals surface area contributed by atoms with E-state index >= 15 is 0 Å². The predicted octanol–water partition coefficient (Wildman–Crippen LogP) is 1.69. The summed E-state index contributed by atoms with van der Waals surface area (Å²) in [4.78, 5) is 16.2. The van der Waals surface area contributed by atoms with Crippen LogP contribution >= 0.6 is 11.3 Å². The molecule has 2 aromatic rings. The molecule has 0 aliphatic rings. The summed E-state index contributed by atoms with van der Waals surface area (Å²) >= 11 is 1.44. The molecule has 8 heteroatoms. The minimum absolute atomic E-state index is 0.147. The van der Waals surface area contributed by atoms with E-state index in [2.05, 4.69) is 15.0 Å². The van der Waals surface area contributed by atoms with E-state index < -0.39 is 22.0 Å². The Morgan fingerprint density at radius 3 is 2.57 bits per heavy atom. The predicted molar refractivity (Wildman–Crippen MR) is 89.6 cm³/mol. The third kappa shape index (κ3) is 4.85. The molecule has 0 fully saturated rings. The first-order chi connectivity index (χ1) is 10.9. The van der Waals surface area contributed by atoms with E-state index in [-0.39, 0.29) is 11.4 Å². The van der Waals surface area contributed by atoms with Gasteiger partial charge >= 0.3 is 0 Å². The number of carbonyl (C=O) groups excluding carboxylic acids is 1. The van der Waals surface area contributed by atoms with Crippen molar-refractivity contribution in [2.75, 3.05) is 0 Å². The van der Waals surface area contributed by atoms with Crippen molar-refractivity contribution in [2.24, 2.45) is 0 Å². The largest absolute Gasteiger partial charge is 0.349 e. The topological polar surface area (TPSA) is 88.2 Å². The van der Waals surface area contributed by atoms with Crippen LogP contribution in [0.2, 0.25) is 0 Å². The van der Waals surface area contributed by atoms with Gasteiger partial charge in [0.1, 0.15) is 0 Å². The van der Waals surface area contributed by atoms with Crippen molar-refractivity contribution in [1.82, 2.24) is 15.0 Å². The molecule has 1 unspecified atom stereocenters. The average molecular weight is 353 g/mol. The normalized spacial score (nSPS) is 12.8. The van der Waals surface area contributed by atoms with Gasteiger partial charge in [-0.05, 0) is 31.0 Å². The molecule has 1 aromatic carbocycles. The molecule has 0 bridgehead atoms. The SMILES string of the molecule is CCc1ccc(S(=O)(=O)NC(C)C(=O)NCc2cscn2)cc1. The number of carbonyl (C=O) groups is 1. The molecule has 1 heterocycles. The number of amides is 1. The smallest absolute Gasteiger partial charge is 0.241 e. The van der Waals surface area contributed by atoms with Crippen LogP contribution in [0.4, 0.5) is 0 Å². The van der Waals surface area contributed by atoms with Crippen molar-refractivity contribution in [3.05, 3.63) is 46.4 Å². The molecule has 6 nitrogen and oxygen atoms in total. The summed E-state index contributed by atoms with van der Waals surface area (Å²) in [6.45, 7) is 3.78. The van der Waals surface area contributed by atoms with Crippen LogP contribution in [0.5, 0.6) is 0 Å². The van der Waals surface area contributed by atoms with Gasteiger partial charge in [-0.3, -0.25) is 4.79 Å². The van der Waals surface area contributed by atoms with Gasteiger partial charge in [0.2, 0.25) is 15.9 Å².